The molecule has 0 bridgehead atoms. The molecule has 0 nitrogen and oxygen atoms in total. The standard InChI is InChI=1S/C8H16P2/c1-9-5-3-7(9)8-4-6-10(8)2/h7-8H,3-6H2,1-2H3/t7-,8?,9?,10?/m1/s1. The van der Waals surface area contributed by atoms with Crippen molar-refractivity contribution in [3.8, 4) is 0 Å². The summed E-state index contributed by atoms with van der Waals surface area (Å²) in [6.07, 6.45) is 6.33. The Bertz CT molecular complexity index is 119. The van der Waals surface area contributed by atoms with Crippen LogP contribution in [0.2, 0.25) is 0 Å². The second kappa shape index (κ2) is 2.72. The van der Waals surface area contributed by atoms with Crippen LogP contribution in [0.25, 0.3) is 0 Å². The number of rotatable bonds is 1. The molecule has 0 spiro atoms. The van der Waals surface area contributed by atoms with Crippen molar-refractivity contribution in [3.05, 3.63) is 0 Å². The molecule has 2 rings (SSSR count). The van der Waals surface area contributed by atoms with Gasteiger partial charge in [-0.25, -0.2) is 0 Å². The van der Waals surface area contributed by atoms with Crippen molar-refractivity contribution >= 4 is 15.8 Å². The van der Waals surface area contributed by atoms with Gasteiger partial charge in [0.1, 0.15) is 0 Å². The Morgan fingerprint density at radius 1 is 0.900 bits per heavy atom. The predicted octanol–water partition coefficient (Wildman–Crippen LogP) is 2.75. The van der Waals surface area contributed by atoms with E-state index >= 15 is 0 Å². The zero-order valence-corrected chi connectivity index (χ0v) is 8.67. The van der Waals surface area contributed by atoms with E-state index in [1.165, 1.54) is 11.3 Å². The molecule has 0 radical (unpaired) electrons. The average molecular weight is 174 g/mol. The second-order valence-electron chi connectivity index (χ2n) is 3.67. The van der Waals surface area contributed by atoms with Gasteiger partial charge in [-0.05, 0) is 49.8 Å². The third kappa shape index (κ3) is 1.05. The van der Waals surface area contributed by atoms with E-state index in [0.717, 1.165) is 0 Å². The van der Waals surface area contributed by atoms with Gasteiger partial charge in [-0.15, -0.1) is 15.8 Å². The quantitative estimate of drug-likeness (QED) is 0.536. The molecule has 0 N–H and O–H groups in total. The van der Waals surface area contributed by atoms with E-state index in [9.17, 15) is 0 Å². The molecule has 0 amide bonds. The van der Waals surface area contributed by atoms with Crippen LogP contribution in [0, 0.1) is 0 Å². The van der Waals surface area contributed by atoms with Gasteiger partial charge in [0.05, 0.1) is 0 Å². The minimum atomic E-state index is 0.514. The summed E-state index contributed by atoms with van der Waals surface area (Å²) in [5.74, 6) is 0. The van der Waals surface area contributed by atoms with Crippen molar-refractivity contribution in [2.24, 2.45) is 0 Å². The fraction of sp³-hybridized carbons (Fsp3) is 1.00. The molecule has 2 heterocycles. The maximum absolute atomic E-state index is 2.50. The van der Waals surface area contributed by atoms with E-state index in [0.29, 0.717) is 15.8 Å². The molecule has 58 valence electrons. The van der Waals surface area contributed by atoms with Crippen molar-refractivity contribution in [3.63, 3.8) is 0 Å². The molecule has 10 heavy (non-hydrogen) atoms. The lowest BCUT2D eigenvalue weighted by molar-refractivity contribution is 0.653. The van der Waals surface area contributed by atoms with Crippen LogP contribution in [0.4, 0.5) is 0 Å². The van der Waals surface area contributed by atoms with E-state index in [4.69, 9.17) is 0 Å². The van der Waals surface area contributed by atoms with Crippen molar-refractivity contribution in [1.29, 1.82) is 0 Å². The van der Waals surface area contributed by atoms with E-state index in [2.05, 4.69) is 13.3 Å². The minimum absolute atomic E-state index is 0.514. The topological polar surface area (TPSA) is 0 Å². The van der Waals surface area contributed by atoms with Crippen LogP contribution < -0.4 is 0 Å². The Balaban J connectivity index is 1.87. The van der Waals surface area contributed by atoms with Crippen LogP contribution in [-0.4, -0.2) is 37.0 Å². The molecule has 3 unspecified atom stereocenters. The van der Waals surface area contributed by atoms with Crippen LogP contribution in [0.3, 0.4) is 0 Å². The summed E-state index contributed by atoms with van der Waals surface area (Å²) in [5, 5.41) is 0. The highest BCUT2D eigenvalue weighted by Crippen LogP contribution is 2.63. The molecule has 2 aliphatic heterocycles. The van der Waals surface area contributed by atoms with Crippen LogP contribution in [0.15, 0.2) is 0 Å². The van der Waals surface area contributed by atoms with Crippen molar-refractivity contribution in [1.82, 2.24) is 0 Å². The zero-order chi connectivity index (χ0) is 7.14. The Hall–Kier alpha value is 0.860. The molecule has 0 aromatic rings. The molecule has 2 heteroatoms. The number of hydrogen-bond donors (Lipinski definition) is 0. The SMILES string of the molecule is CP1CCC1[C@H]1CCP1C. The van der Waals surface area contributed by atoms with Crippen LogP contribution >= 0.6 is 15.8 Å². The first kappa shape index (κ1) is 7.51. The van der Waals surface area contributed by atoms with Gasteiger partial charge in [0, 0.05) is 0 Å². The third-order valence-electron chi connectivity index (χ3n) is 3.13. The zero-order valence-electron chi connectivity index (χ0n) is 6.88. The van der Waals surface area contributed by atoms with Crippen molar-refractivity contribution in [2.75, 3.05) is 25.7 Å². The fourth-order valence-corrected chi connectivity index (χ4v) is 7.03. The van der Waals surface area contributed by atoms with Gasteiger partial charge in [-0.1, -0.05) is 0 Å². The summed E-state index contributed by atoms with van der Waals surface area (Å²) in [4.78, 5) is 0. The molecular formula is C8H16P2. The summed E-state index contributed by atoms with van der Waals surface area (Å²) in [6.45, 7) is 5.01. The Labute approximate surface area is 66.3 Å². The smallest absolute Gasteiger partial charge is 0.0141 e. The second-order valence-corrected chi connectivity index (χ2v) is 8.92. The van der Waals surface area contributed by atoms with Crippen LogP contribution in [0.1, 0.15) is 12.8 Å². The Morgan fingerprint density at radius 2 is 1.30 bits per heavy atom. The summed E-state index contributed by atoms with van der Waals surface area (Å²) in [5.41, 5.74) is 2.44. The first-order valence-electron chi connectivity index (χ1n) is 4.19. The van der Waals surface area contributed by atoms with Gasteiger partial charge in [-0.3, -0.25) is 0 Å². The van der Waals surface area contributed by atoms with Gasteiger partial charge in [0.25, 0.3) is 0 Å². The van der Waals surface area contributed by atoms with Crippen LogP contribution in [-0.2, 0) is 0 Å². The van der Waals surface area contributed by atoms with Crippen molar-refractivity contribution < 1.29 is 0 Å². The highest BCUT2D eigenvalue weighted by Gasteiger charge is 2.40. The van der Waals surface area contributed by atoms with Gasteiger partial charge < -0.3 is 0 Å². The molecule has 0 saturated carbocycles. The predicted molar refractivity (Wildman–Crippen MR) is 52.2 cm³/mol. The molecule has 4 atom stereocenters. The van der Waals surface area contributed by atoms with E-state index in [1.807, 2.05) is 0 Å². The summed E-state index contributed by atoms with van der Waals surface area (Å²) in [6, 6.07) is 0. The normalized spacial score (nSPS) is 53.4. The highest BCUT2D eigenvalue weighted by molar-refractivity contribution is 7.64. The lowest BCUT2D eigenvalue weighted by Crippen LogP contribution is -2.37. The fourth-order valence-electron chi connectivity index (χ4n) is 2.05. The summed E-state index contributed by atoms with van der Waals surface area (Å²) in [7, 11) is 1.03. The average Bonchev–Trinajstić information content (AvgIpc) is 1.93. The minimum Gasteiger partial charge on any atom is -0.106 e. The van der Waals surface area contributed by atoms with Gasteiger partial charge in [0.15, 0.2) is 0 Å². The van der Waals surface area contributed by atoms with Crippen LogP contribution in [0.5, 0.6) is 0 Å². The molecule has 0 aromatic carbocycles. The molecule has 2 saturated heterocycles. The van der Waals surface area contributed by atoms with E-state index in [-0.39, 0.29) is 0 Å². The first-order valence-corrected chi connectivity index (χ1v) is 8.28. The maximum Gasteiger partial charge on any atom is -0.0141 e. The van der Waals surface area contributed by atoms with Gasteiger partial charge in [0.2, 0.25) is 0 Å². The lowest BCUT2D eigenvalue weighted by atomic mass is 10.2. The molecule has 2 aliphatic rings. The molecular weight excluding hydrogens is 158 g/mol. The molecule has 0 aromatic heterocycles. The molecule has 0 aliphatic carbocycles. The van der Waals surface area contributed by atoms with E-state index < -0.39 is 0 Å². The maximum atomic E-state index is 2.50. The summed E-state index contributed by atoms with van der Waals surface area (Å²) >= 11 is 0. The summed E-state index contributed by atoms with van der Waals surface area (Å²) < 4.78 is 0. The van der Waals surface area contributed by atoms with Gasteiger partial charge in [-0.2, -0.15) is 0 Å². The third-order valence-corrected chi connectivity index (χ3v) is 8.79. The highest BCUT2D eigenvalue weighted by atomic mass is 31.1. The monoisotopic (exact) mass is 174 g/mol. The van der Waals surface area contributed by atoms with E-state index in [1.54, 1.807) is 25.2 Å². The number of hydrogen-bond acceptors (Lipinski definition) is 0. The lowest BCUT2D eigenvalue weighted by Gasteiger charge is -2.48. The Kier molecular flexibility index (Phi) is 2.04. The molecule has 2 fully saturated rings. The Morgan fingerprint density at radius 3 is 1.40 bits per heavy atom. The van der Waals surface area contributed by atoms with Gasteiger partial charge >= 0.3 is 0 Å². The first-order chi connectivity index (χ1) is 4.79. The largest absolute Gasteiger partial charge is 0.106 e. The van der Waals surface area contributed by atoms with Crippen molar-refractivity contribution in [2.45, 2.75) is 24.2 Å².